The summed E-state index contributed by atoms with van der Waals surface area (Å²) in [6.07, 6.45) is 0. The first-order chi connectivity index (χ1) is 4.34. The molecule has 0 saturated heterocycles. The molecule has 0 fully saturated rings. The van der Waals surface area contributed by atoms with Crippen molar-refractivity contribution >= 4 is 23.2 Å². The molecule has 0 aliphatic heterocycles. The summed E-state index contributed by atoms with van der Waals surface area (Å²) < 4.78 is 0. The Kier molecular flexibility index (Phi) is 2.77. The van der Waals surface area contributed by atoms with E-state index in [9.17, 15) is 4.79 Å². The lowest BCUT2D eigenvalue weighted by Gasteiger charge is -2.16. The Balaban J connectivity index is 3.99. The van der Waals surface area contributed by atoms with E-state index >= 15 is 0 Å². The summed E-state index contributed by atoms with van der Waals surface area (Å²) in [6, 6.07) is 0. The highest BCUT2D eigenvalue weighted by atomic mass is 32.1. The monoisotopic (exact) mass is 160 g/mol. The molecule has 3 nitrogen and oxygen atoms in total. The van der Waals surface area contributed by atoms with Crippen molar-refractivity contribution < 1.29 is 4.79 Å². The average molecular weight is 160 g/mol. The summed E-state index contributed by atoms with van der Waals surface area (Å²) >= 11 is 4.49. The highest BCUT2D eigenvalue weighted by molar-refractivity contribution is 7.80. The van der Waals surface area contributed by atoms with Gasteiger partial charge in [-0.2, -0.15) is 0 Å². The Bertz CT molecular complexity index is 160. The molecule has 10 heavy (non-hydrogen) atoms. The van der Waals surface area contributed by atoms with Crippen LogP contribution in [0.2, 0.25) is 0 Å². The van der Waals surface area contributed by atoms with Crippen molar-refractivity contribution in [1.82, 2.24) is 5.32 Å². The molecule has 0 aliphatic rings. The topological polar surface area (TPSA) is 55.1 Å². The molecule has 3 N–H and O–H groups in total. The number of amides is 1. The van der Waals surface area contributed by atoms with Crippen LogP contribution in [0.5, 0.6) is 0 Å². The summed E-state index contributed by atoms with van der Waals surface area (Å²) in [7, 11) is 0. The number of hydrogen-bond donors (Lipinski definition) is 2. The predicted molar refractivity (Wildman–Crippen MR) is 44.4 cm³/mol. The van der Waals surface area contributed by atoms with Gasteiger partial charge in [-0.3, -0.25) is 4.79 Å². The van der Waals surface area contributed by atoms with E-state index < -0.39 is 5.41 Å². The van der Waals surface area contributed by atoms with Crippen LogP contribution in [0.3, 0.4) is 0 Å². The number of hydrogen-bond acceptors (Lipinski definition) is 2. The molecule has 0 unspecified atom stereocenters. The van der Waals surface area contributed by atoms with Gasteiger partial charge < -0.3 is 11.1 Å². The van der Waals surface area contributed by atoms with Crippen molar-refractivity contribution in [2.24, 2.45) is 11.1 Å². The lowest BCUT2D eigenvalue weighted by atomic mass is 9.96. The highest BCUT2D eigenvalue weighted by Gasteiger charge is 2.20. The van der Waals surface area contributed by atoms with Crippen LogP contribution >= 0.6 is 12.2 Å². The average Bonchev–Trinajstić information content (AvgIpc) is 1.60. The molecular formula is C6H12N2OS. The predicted octanol–water partition coefficient (Wildman–Crippen LogP) is 0.392. The van der Waals surface area contributed by atoms with Crippen LogP contribution in [0.25, 0.3) is 0 Å². The largest absolute Gasteiger partial charge is 0.376 e. The van der Waals surface area contributed by atoms with E-state index in [4.69, 9.17) is 5.73 Å². The molecule has 1 amide bonds. The Morgan fingerprint density at radius 3 is 2.00 bits per heavy atom. The molecule has 0 atom stereocenters. The van der Waals surface area contributed by atoms with Crippen LogP contribution in [-0.4, -0.2) is 11.0 Å². The Labute approximate surface area is 66.0 Å². The molecule has 0 aromatic rings. The summed E-state index contributed by atoms with van der Waals surface area (Å²) in [4.78, 5) is 11.0. The number of rotatable bonds is 0. The number of carbonyl (C=O) groups is 1. The molecule has 4 heteroatoms. The quantitative estimate of drug-likeness (QED) is 0.504. The van der Waals surface area contributed by atoms with Crippen LogP contribution < -0.4 is 11.1 Å². The van der Waals surface area contributed by atoms with E-state index in [-0.39, 0.29) is 11.0 Å². The van der Waals surface area contributed by atoms with E-state index in [1.165, 1.54) is 0 Å². The lowest BCUT2D eigenvalue weighted by molar-refractivity contribution is -0.126. The van der Waals surface area contributed by atoms with Crippen LogP contribution in [-0.2, 0) is 4.79 Å². The van der Waals surface area contributed by atoms with Crippen molar-refractivity contribution in [3.63, 3.8) is 0 Å². The van der Waals surface area contributed by atoms with Gasteiger partial charge in [0.2, 0.25) is 5.91 Å². The van der Waals surface area contributed by atoms with E-state index in [2.05, 4.69) is 17.5 Å². The molecule has 0 radical (unpaired) electrons. The van der Waals surface area contributed by atoms with Gasteiger partial charge in [-0.1, -0.05) is 20.8 Å². The minimum absolute atomic E-state index is 0.0277. The number of nitrogens with two attached hydrogens (primary N) is 1. The molecule has 58 valence electrons. The van der Waals surface area contributed by atoms with Gasteiger partial charge in [0.25, 0.3) is 0 Å². The molecule has 0 spiro atoms. The number of thiocarbonyl (C=S) groups is 1. The SMILES string of the molecule is CC(C)(C)C(=O)NC(N)=S. The lowest BCUT2D eigenvalue weighted by Crippen LogP contribution is -2.41. The summed E-state index contributed by atoms with van der Waals surface area (Å²) in [5.41, 5.74) is 4.66. The maximum absolute atomic E-state index is 11.0. The number of carbonyl (C=O) groups excluding carboxylic acids is 1. The first kappa shape index (κ1) is 9.36. The van der Waals surface area contributed by atoms with E-state index in [1.54, 1.807) is 20.8 Å². The van der Waals surface area contributed by atoms with Crippen molar-refractivity contribution in [1.29, 1.82) is 0 Å². The Hall–Kier alpha value is -0.640. The fourth-order valence-corrected chi connectivity index (χ4v) is 0.392. The number of nitrogens with one attached hydrogen (secondary N) is 1. The van der Waals surface area contributed by atoms with Crippen LogP contribution in [0.4, 0.5) is 0 Å². The Morgan fingerprint density at radius 2 is 1.90 bits per heavy atom. The molecule has 0 aromatic heterocycles. The molecule has 0 rings (SSSR count). The van der Waals surface area contributed by atoms with Crippen molar-refractivity contribution in [2.45, 2.75) is 20.8 Å². The van der Waals surface area contributed by atoms with Gasteiger partial charge in [-0.25, -0.2) is 0 Å². The zero-order valence-corrected chi connectivity index (χ0v) is 7.21. The second-order valence-corrected chi connectivity index (χ2v) is 3.51. The first-order valence-electron chi connectivity index (χ1n) is 2.95. The zero-order valence-electron chi connectivity index (χ0n) is 6.39. The van der Waals surface area contributed by atoms with Crippen molar-refractivity contribution in [3.05, 3.63) is 0 Å². The molecule has 0 aliphatic carbocycles. The smallest absolute Gasteiger partial charge is 0.231 e. The summed E-state index contributed by atoms with van der Waals surface area (Å²) in [5.74, 6) is -0.153. The fraction of sp³-hybridized carbons (Fsp3) is 0.667. The minimum Gasteiger partial charge on any atom is -0.376 e. The third kappa shape index (κ3) is 3.40. The van der Waals surface area contributed by atoms with Crippen LogP contribution in [0.1, 0.15) is 20.8 Å². The molecule has 0 heterocycles. The maximum atomic E-state index is 11.0. The van der Waals surface area contributed by atoms with Gasteiger partial charge in [0.15, 0.2) is 5.11 Å². The Morgan fingerprint density at radius 1 is 1.50 bits per heavy atom. The van der Waals surface area contributed by atoms with Gasteiger partial charge in [0.05, 0.1) is 0 Å². The van der Waals surface area contributed by atoms with Gasteiger partial charge in [-0.05, 0) is 12.2 Å². The molecule has 0 aromatic carbocycles. The standard InChI is InChI=1S/C6H12N2OS/c1-6(2,3)4(9)8-5(7)10/h1-3H3,(H3,7,8,9,10). The van der Waals surface area contributed by atoms with E-state index in [0.717, 1.165) is 0 Å². The summed E-state index contributed by atoms with van der Waals surface area (Å²) in [6.45, 7) is 5.38. The third-order valence-corrected chi connectivity index (χ3v) is 1.02. The summed E-state index contributed by atoms with van der Waals surface area (Å²) in [5, 5.41) is 2.38. The molecule has 0 bridgehead atoms. The van der Waals surface area contributed by atoms with Crippen LogP contribution in [0, 0.1) is 5.41 Å². The van der Waals surface area contributed by atoms with Gasteiger partial charge >= 0.3 is 0 Å². The zero-order chi connectivity index (χ0) is 8.36. The third-order valence-electron chi connectivity index (χ3n) is 0.918. The highest BCUT2D eigenvalue weighted by Crippen LogP contribution is 2.11. The molecule has 0 saturated carbocycles. The van der Waals surface area contributed by atoms with Crippen LogP contribution in [0.15, 0.2) is 0 Å². The van der Waals surface area contributed by atoms with E-state index in [0.29, 0.717) is 0 Å². The minimum atomic E-state index is -0.427. The second kappa shape index (κ2) is 2.96. The van der Waals surface area contributed by atoms with Gasteiger partial charge in [0.1, 0.15) is 0 Å². The second-order valence-electron chi connectivity index (χ2n) is 3.07. The molecular weight excluding hydrogens is 148 g/mol. The van der Waals surface area contributed by atoms with Crippen molar-refractivity contribution in [3.8, 4) is 0 Å². The van der Waals surface area contributed by atoms with Gasteiger partial charge in [-0.15, -0.1) is 0 Å². The van der Waals surface area contributed by atoms with Gasteiger partial charge in [0, 0.05) is 5.41 Å². The first-order valence-corrected chi connectivity index (χ1v) is 3.36. The van der Waals surface area contributed by atoms with E-state index in [1.807, 2.05) is 0 Å². The normalized spacial score (nSPS) is 10.7. The van der Waals surface area contributed by atoms with Crippen molar-refractivity contribution in [2.75, 3.05) is 0 Å². The fourth-order valence-electron chi connectivity index (χ4n) is 0.299. The maximum Gasteiger partial charge on any atom is 0.231 e.